The van der Waals surface area contributed by atoms with E-state index in [9.17, 15) is 4.79 Å². The molecule has 0 saturated carbocycles. The lowest BCUT2D eigenvalue weighted by Gasteiger charge is -2.22. The second kappa shape index (κ2) is 4.13. The third kappa shape index (κ3) is 1.67. The summed E-state index contributed by atoms with van der Waals surface area (Å²) in [6.45, 7) is 1.75. The zero-order chi connectivity index (χ0) is 18.2. The molecule has 0 fully saturated rings. The summed E-state index contributed by atoms with van der Waals surface area (Å²) < 4.78 is 49.5. The third-order valence-electron chi connectivity index (χ3n) is 3.41. The van der Waals surface area contributed by atoms with E-state index in [0.29, 0.717) is 11.1 Å². The average molecular weight is 268 g/mol. The van der Waals surface area contributed by atoms with E-state index in [4.69, 9.17) is 25.6 Å². The molecule has 3 rings (SSSR count). The second-order valence-corrected chi connectivity index (χ2v) is 4.91. The summed E-state index contributed by atoms with van der Waals surface area (Å²) in [5.74, 6) is -3.06. The van der Waals surface area contributed by atoms with Crippen molar-refractivity contribution in [3.05, 3.63) is 39.4 Å². The van der Waals surface area contributed by atoms with Crippen LogP contribution in [0.1, 0.15) is 44.1 Å². The van der Waals surface area contributed by atoms with Crippen molar-refractivity contribution in [2.75, 3.05) is 0 Å². The predicted molar refractivity (Wildman–Crippen MR) is 73.3 cm³/mol. The standard InChI is InChI=1S/C15H16ClNO/c1-8-5-9(16)6-13-10-3-2-4-11(15(17)18)14(10)7-12(8)13/h5-6,11H,2-4,7H2,1H3,(H2,17,18)/i2D2,3D2,6D,11D. The minimum Gasteiger partial charge on any atom is -0.369 e. The molecule has 2 aliphatic carbocycles. The molecule has 1 aromatic carbocycles. The number of hydrogen-bond acceptors (Lipinski definition) is 1. The van der Waals surface area contributed by atoms with Gasteiger partial charge in [0.25, 0.3) is 0 Å². The van der Waals surface area contributed by atoms with Crippen LogP contribution in [0.2, 0.25) is 5.02 Å². The lowest BCUT2D eigenvalue weighted by molar-refractivity contribution is -0.121. The van der Waals surface area contributed by atoms with E-state index < -0.39 is 31.0 Å². The molecule has 1 amide bonds. The van der Waals surface area contributed by atoms with Crippen LogP contribution in [-0.2, 0) is 11.2 Å². The predicted octanol–water partition coefficient (Wildman–Crippen LogP) is 3.24. The van der Waals surface area contributed by atoms with Crippen molar-refractivity contribution < 1.29 is 13.0 Å². The quantitative estimate of drug-likeness (QED) is 0.834. The van der Waals surface area contributed by atoms with Crippen molar-refractivity contribution in [3.63, 3.8) is 0 Å². The SMILES string of the molecule is [2H]c1c(Cl)cc(C)c2c1C1=C(C2)C([2H])(C(N)=O)CC([2H])([2H])C1([2H])[2H]. The fourth-order valence-corrected chi connectivity index (χ4v) is 2.78. The second-order valence-electron chi connectivity index (χ2n) is 4.51. The Bertz CT molecular complexity index is 819. The third-order valence-corrected chi connectivity index (χ3v) is 3.61. The van der Waals surface area contributed by atoms with Crippen LogP contribution < -0.4 is 5.73 Å². The maximum absolute atomic E-state index is 11.9. The lowest BCUT2D eigenvalue weighted by atomic mass is 9.82. The van der Waals surface area contributed by atoms with Crippen molar-refractivity contribution in [1.29, 1.82) is 0 Å². The normalized spacial score (nSPS) is 36.3. The lowest BCUT2D eigenvalue weighted by Crippen LogP contribution is -2.27. The zero-order valence-electron chi connectivity index (χ0n) is 15.9. The van der Waals surface area contributed by atoms with Crippen molar-refractivity contribution >= 4 is 23.1 Å². The van der Waals surface area contributed by atoms with Gasteiger partial charge in [-0.05, 0) is 72.5 Å². The molecule has 2 nitrogen and oxygen atoms in total. The van der Waals surface area contributed by atoms with Gasteiger partial charge in [-0.1, -0.05) is 11.6 Å². The number of amides is 1. The Morgan fingerprint density at radius 3 is 3.22 bits per heavy atom. The largest absolute Gasteiger partial charge is 0.369 e. The molecule has 0 aliphatic heterocycles. The molecule has 1 aromatic rings. The number of nitrogens with two attached hydrogens (primary N) is 1. The Balaban J connectivity index is 2.42. The van der Waals surface area contributed by atoms with Gasteiger partial charge in [-0.15, -0.1) is 0 Å². The van der Waals surface area contributed by atoms with E-state index in [2.05, 4.69) is 0 Å². The van der Waals surface area contributed by atoms with Gasteiger partial charge in [0.1, 0.15) is 0 Å². The summed E-state index contributed by atoms with van der Waals surface area (Å²) in [7, 11) is 0. The van der Waals surface area contributed by atoms with Crippen molar-refractivity contribution in [1.82, 2.24) is 0 Å². The first-order chi connectivity index (χ1) is 10.8. The van der Waals surface area contributed by atoms with Gasteiger partial charge in [0.05, 0.1) is 7.26 Å². The van der Waals surface area contributed by atoms with Crippen LogP contribution in [0, 0.1) is 12.8 Å². The van der Waals surface area contributed by atoms with Crippen LogP contribution in [0.3, 0.4) is 0 Å². The number of allylic oxidation sites excluding steroid dienone is 1. The number of rotatable bonds is 1. The van der Waals surface area contributed by atoms with Crippen molar-refractivity contribution in [2.45, 2.75) is 32.5 Å². The van der Waals surface area contributed by atoms with Crippen LogP contribution in [-0.4, -0.2) is 5.91 Å². The summed E-state index contributed by atoms with van der Waals surface area (Å²) in [5.41, 5.74) is 6.93. The van der Waals surface area contributed by atoms with Crippen LogP contribution in [0.4, 0.5) is 0 Å². The van der Waals surface area contributed by atoms with E-state index in [1.807, 2.05) is 0 Å². The summed E-state index contributed by atoms with van der Waals surface area (Å²) in [4.78, 5) is 11.9. The summed E-state index contributed by atoms with van der Waals surface area (Å²) in [5, 5.41) is 0.122. The monoisotopic (exact) mass is 267 g/mol. The van der Waals surface area contributed by atoms with Gasteiger partial charge in [0.2, 0.25) is 5.91 Å². The van der Waals surface area contributed by atoms with Crippen LogP contribution >= 0.6 is 11.6 Å². The molecule has 0 heterocycles. The van der Waals surface area contributed by atoms with Crippen LogP contribution in [0.15, 0.2) is 17.7 Å². The first kappa shape index (κ1) is 6.76. The number of carbonyl (C=O) groups excluding carboxylic acids is 1. The molecule has 3 heteroatoms. The first-order valence-electron chi connectivity index (χ1n) is 8.67. The maximum Gasteiger partial charge on any atom is 0.224 e. The highest BCUT2D eigenvalue weighted by Crippen LogP contribution is 2.45. The smallest absolute Gasteiger partial charge is 0.224 e. The van der Waals surface area contributed by atoms with Gasteiger partial charge in [0, 0.05) is 11.9 Å². The van der Waals surface area contributed by atoms with Gasteiger partial charge in [-0.25, -0.2) is 0 Å². The van der Waals surface area contributed by atoms with E-state index in [-0.39, 0.29) is 34.2 Å². The van der Waals surface area contributed by atoms with Crippen LogP contribution in [0.5, 0.6) is 0 Å². The first-order valence-corrected chi connectivity index (χ1v) is 6.05. The Hall–Kier alpha value is -1.28. The summed E-state index contributed by atoms with van der Waals surface area (Å²) in [6.07, 6.45) is -5.50. The summed E-state index contributed by atoms with van der Waals surface area (Å²) >= 11 is 6.06. The molecule has 0 bridgehead atoms. The number of benzene rings is 1. The Morgan fingerprint density at radius 1 is 1.72 bits per heavy atom. The van der Waals surface area contributed by atoms with Crippen LogP contribution in [0.25, 0.3) is 5.57 Å². The van der Waals surface area contributed by atoms with Crippen molar-refractivity contribution in [2.24, 2.45) is 11.6 Å². The number of carbonyl (C=O) groups is 1. The highest BCUT2D eigenvalue weighted by Gasteiger charge is 2.33. The molecule has 94 valence electrons. The average Bonchev–Trinajstić information content (AvgIpc) is 2.85. The van der Waals surface area contributed by atoms with Gasteiger partial charge >= 0.3 is 0 Å². The van der Waals surface area contributed by atoms with Gasteiger partial charge in [-0.2, -0.15) is 0 Å². The molecule has 0 saturated heterocycles. The minimum atomic E-state index is -2.48. The summed E-state index contributed by atoms with van der Waals surface area (Å²) in [6, 6.07) is 1.47. The highest BCUT2D eigenvalue weighted by atomic mass is 35.5. The number of fused-ring (bicyclic) bond motifs is 2. The zero-order valence-corrected chi connectivity index (χ0v) is 10.6. The molecule has 18 heavy (non-hydrogen) atoms. The molecule has 1 atom stereocenters. The van der Waals surface area contributed by atoms with E-state index in [1.54, 1.807) is 13.0 Å². The molecule has 1 unspecified atom stereocenters. The van der Waals surface area contributed by atoms with Gasteiger partial charge in [0.15, 0.2) is 0 Å². The number of aryl methyl sites for hydroxylation is 1. The number of primary amides is 1. The number of hydrogen-bond donors (Lipinski definition) is 1. The molecule has 0 spiro atoms. The Morgan fingerprint density at radius 2 is 2.50 bits per heavy atom. The maximum atomic E-state index is 11.9. The van der Waals surface area contributed by atoms with E-state index in [1.165, 1.54) is 0 Å². The molecular weight excluding hydrogens is 246 g/mol. The van der Waals surface area contributed by atoms with E-state index in [0.717, 1.165) is 0 Å². The fourth-order valence-electron chi connectivity index (χ4n) is 2.52. The van der Waals surface area contributed by atoms with E-state index >= 15 is 0 Å². The topological polar surface area (TPSA) is 43.1 Å². The number of halogens is 1. The highest BCUT2D eigenvalue weighted by molar-refractivity contribution is 6.30. The minimum absolute atomic E-state index is 0.0988. The van der Waals surface area contributed by atoms with Gasteiger partial charge < -0.3 is 5.73 Å². The molecule has 0 aromatic heterocycles. The Labute approximate surface area is 120 Å². The fraction of sp³-hybridized carbons (Fsp3) is 0.400. The molecule has 2 aliphatic rings. The van der Waals surface area contributed by atoms with Gasteiger partial charge in [-0.3, -0.25) is 4.79 Å². The van der Waals surface area contributed by atoms with Crippen molar-refractivity contribution in [3.8, 4) is 0 Å². The molecule has 0 radical (unpaired) electrons. The Kier molecular flexibility index (Phi) is 1.55. The molecular formula is C15H16ClNO. The molecule has 2 N–H and O–H groups in total.